The van der Waals surface area contributed by atoms with Crippen LogP contribution in [0.5, 0.6) is 5.88 Å². The number of methoxy groups -OCH3 is 1. The summed E-state index contributed by atoms with van der Waals surface area (Å²) in [6.07, 6.45) is 4.73. The van der Waals surface area contributed by atoms with Gasteiger partial charge >= 0.3 is 0 Å². The van der Waals surface area contributed by atoms with Crippen LogP contribution in [-0.4, -0.2) is 65.6 Å². The number of fused-ring (bicyclic) bond motifs is 1. The second-order valence-corrected chi connectivity index (χ2v) is 8.20. The zero-order valence-corrected chi connectivity index (χ0v) is 14.3. The van der Waals surface area contributed by atoms with E-state index in [1.54, 1.807) is 17.8 Å². The fourth-order valence-corrected chi connectivity index (χ4v) is 4.29. The Balaban J connectivity index is 1.47. The molecule has 2 aromatic rings. The van der Waals surface area contributed by atoms with E-state index in [1.807, 2.05) is 0 Å². The first-order valence-electron chi connectivity index (χ1n) is 7.56. The molecule has 0 amide bonds. The molecule has 2 aliphatic rings. The zero-order valence-electron chi connectivity index (χ0n) is 13.5. The molecule has 2 fully saturated rings. The normalized spacial score (nSPS) is 20.4. The molecule has 0 radical (unpaired) electrons. The zero-order chi connectivity index (χ0) is 17.1. The Labute approximate surface area is 139 Å². The van der Waals surface area contributed by atoms with E-state index < -0.39 is 10.2 Å². The summed E-state index contributed by atoms with van der Waals surface area (Å²) < 4.78 is 30.9. The first-order valence-corrected chi connectivity index (χ1v) is 9.07. The van der Waals surface area contributed by atoms with Gasteiger partial charge in [0.15, 0.2) is 5.82 Å². The highest BCUT2D eigenvalue weighted by atomic mass is 32.2. The van der Waals surface area contributed by atoms with Crippen LogP contribution < -0.4 is 14.8 Å². The Kier molecular flexibility index (Phi) is 3.24. The van der Waals surface area contributed by atoms with Gasteiger partial charge in [0.2, 0.25) is 11.5 Å². The van der Waals surface area contributed by atoms with E-state index in [4.69, 9.17) is 9.88 Å². The molecule has 2 N–H and O–H groups in total. The van der Waals surface area contributed by atoms with E-state index in [0.29, 0.717) is 11.5 Å². The van der Waals surface area contributed by atoms with E-state index in [2.05, 4.69) is 20.0 Å². The predicted octanol–water partition coefficient (Wildman–Crippen LogP) is -0.763. The Hall–Kier alpha value is -1.98. The molecule has 10 nitrogen and oxygen atoms in total. The summed E-state index contributed by atoms with van der Waals surface area (Å²) in [7, 11) is -0.514. The van der Waals surface area contributed by atoms with Gasteiger partial charge in [-0.25, -0.2) is 15.1 Å². The minimum atomic E-state index is -3.62. The average Bonchev–Trinajstić information content (AvgIpc) is 2.86. The number of nitrogens with two attached hydrogens (primary N) is 1. The lowest BCUT2D eigenvalue weighted by molar-refractivity contribution is 0.0207. The van der Waals surface area contributed by atoms with E-state index in [0.717, 1.165) is 31.7 Å². The number of imidazole rings is 1. The van der Waals surface area contributed by atoms with Crippen molar-refractivity contribution in [3.05, 3.63) is 12.5 Å². The van der Waals surface area contributed by atoms with Crippen LogP contribution in [0, 0.1) is 5.41 Å². The van der Waals surface area contributed by atoms with Crippen molar-refractivity contribution in [3.63, 3.8) is 0 Å². The summed E-state index contributed by atoms with van der Waals surface area (Å²) >= 11 is 0. The largest absolute Gasteiger partial charge is 0.480 e. The van der Waals surface area contributed by atoms with Gasteiger partial charge in [-0.1, -0.05) is 0 Å². The maximum Gasteiger partial charge on any atom is 0.276 e. The lowest BCUT2D eigenvalue weighted by atomic mass is 9.60. The van der Waals surface area contributed by atoms with Gasteiger partial charge in [0.1, 0.15) is 6.33 Å². The number of hydrogen-bond donors (Lipinski definition) is 1. The Bertz CT molecular complexity index is 882. The third-order valence-corrected chi connectivity index (χ3v) is 6.17. The monoisotopic (exact) mass is 353 g/mol. The molecule has 0 atom stereocenters. The molecule has 11 heteroatoms. The first-order chi connectivity index (χ1) is 11.3. The third-order valence-electron chi connectivity index (χ3n) is 5.07. The molecular weight excluding hydrogens is 334 g/mol. The molecule has 0 aromatic carbocycles. The van der Waals surface area contributed by atoms with Crippen molar-refractivity contribution in [3.8, 4) is 5.88 Å². The van der Waals surface area contributed by atoms with Gasteiger partial charge in [-0.05, 0) is 12.8 Å². The lowest BCUT2D eigenvalue weighted by Gasteiger charge is -2.60. The number of ether oxygens (including phenoxy) is 1. The van der Waals surface area contributed by atoms with Crippen molar-refractivity contribution in [2.24, 2.45) is 10.6 Å². The quantitative estimate of drug-likeness (QED) is 0.767. The lowest BCUT2D eigenvalue weighted by Crippen LogP contribution is -2.67. The average molecular weight is 353 g/mol. The van der Waals surface area contributed by atoms with E-state index >= 15 is 0 Å². The maximum atomic E-state index is 11.4. The van der Waals surface area contributed by atoms with Gasteiger partial charge < -0.3 is 9.64 Å². The van der Waals surface area contributed by atoms with Crippen LogP contribution in [0.15, 0.2) is 12.5 Å². The van der Waals surface area contributed by atoms with Gasteiger partial charge in [0, 0.05) is 31.6 Å². The van der Waals surface area contributed by atoms with Crippen molar-refractivity contribution < 1.29 is 13.2 Å². The van der Waals surface area contributed by atoms with E-state index in [9.17, 15) is 8.42 Å². The molecule has 24 heavy (non-hydrogen) atoms. The van der Waals surface area contributed by atoms with Crippen LogP contribution >= 0.6 is 0 Å². The molecular formula is C13H19N7O3S. The molecule has 3 heterocycles. The van der Waals surface area contributed by atoms with Crippen LogP contribution in [0.3, 0.4) is 0 Å². The second kappa shape index (κ2) is 5.01. The molecule has 0 bridgehead atoms. The van der Waals surface area contributed by atoms with Crippen molar-refractivity contribution in [2.75, 3.05) is 32.1 Å². The fraction of sp³-hybridized carbons (Fsp3) is 0.615. The van der Waals surface area contributed by atoms with Crippen LogP contribution in [0.25, 0.3) is 5.65 Å². The van der Waals surface area contributed by atoms with Gasteiger partial charge in [-0.2, -0.15) is 22.3 Å². The highest BCUT2D eigenvalue weighted by Gasteiger charge is 2.55. The highest BCUT2D eigenvalue weighted by Crippen LogP contribution is 2.51. The SMILES string of the molecule is COc1cnc2c(N3CC4(CC(N(C)S(N)(=O)=O)C4)C3)ncnn12. The number of nitrogens with zero attached hydrogens (tertiary/aromatic N) is 6. The van der Waals surface area contributed by atoms with Crippen molar-refractivity contribution in [1.29, 1.82) is 0 Å². The molecule has 1 spiro atoms. The minimum Gasteiger partial charge on any atom is -0.480 e. The summed E-state index contributed by atoms with van der Waals surface area (Å²) in [5, 5.41) is 9.33. The molecule has 1 saturated heterocycles. The Morgan fingerprint density at radius 3 is 2.71 bits per heavy atom. The van der Waals surface area contributed by atoms with Crippen LogP contribution in [0.1, 0.15) is 12.8 Å². The summed E-state index contributed by atoms with van der Waals surface area (Å²) in [6.45, 7) is 1.65. The number of anilines is 1. The molecule has 4 rings (SSSR count). The predicted molar refractivity (Wildman–Crippen MR) is 85.9 cm³/mol. The van der Waals surface area contributed by atoms with Gasteiger partial charge in [0.25, 0.3) is 10.2 Å². The van der Waals surface area contributed by atoms with Crippen LogP contribution in [0.4, 0.5) is 5.82 Å². The maximum absolute atomic E-state index is 11.4. The van der Waals surface area contributed by atoms with Crippen molar-refractivity contribution >= 4 is 21.7 Å². The Morgan fingerprint density at radius 2 is 2.08 bits per heavy atom. The van der Waals surface area contributed by atoms with Crippen LogP contribution in [-0.2, 0) is 10.2 Å². The third kappa shape index (κ3) is 2.23. The van der Waals surface area contributed by atoms with Crippen molar-refractivity contribution in [2.45, 2.75) is 18.9 Å². The molecule has 1 aliphatic heterocycles. The highest BCUT2D eigenvalue weighted by molar-refractivity contribution is 7.86. The van der Waals surface area contributed by atoms with Crippen LogP contribution in [0.2, 0.25) is 0 Å². The van der Waals surface area contributed by atoms with Gasteiger partial charge in [-0.3, -0.25) is 0 Å². The standard InChI is InChI=1S/C13H19N7O3S/c1-18(24(14,21)22)9-3-13(4-9)6-19(7-13)11-12-15-5-10(23-2)20(12)17-8-16-11/h5,8-9H,3-4,6-7H2,1-2H3,(H2,14,21,22). The van der Waals surface area contributed by atoms with Gasteiger partial charge in [-0.15, -0.1) is 0 Å². The molecule has 130 valence electrons. The van der Waals surface area contributed by atoms with Gasteiger partial charge in [0.05, 0.1) is 13.3 Å². The molecule has 1 saturated carbocycles. The summed E-state index contributed by atoms with van der Waals surface area (Å²) in [4.78, 5) is 10.8. The number of hydrogen-bond acceptors (Lipinski definition) is 7. The van der Waals surface area contributed by atoms with E-state index in [1.165, 1.54) is 17.7 Å². The number of rotatable bonds is 4. The topological polar surface area (TPSA) is 119 Å². The minimum absolute atomic E-state index is 0.0147. The molecule has 1 aliphatic carbocycles. The van der Waals surface area contributed by atoms with Crippen molar-refractivity contribution in [1.82, 2.24) is 23.9 Å². The summed E-state index contributed by atoms with van der Waals surface area (Å²) in [6, 6.07) is -0.0147. The Morgan fingerprint density at radius 1 is 1.38 bits per heavy atom. The first kappa shape index (κ1) is 15.5. The second-order valence-electron chi connectivity index (χ2n) is 6.60. The number of aromatic nitrogens is 4. The molecule has 0 unspecified atom stereocenters. The smallest absolute Gasteiger partial charge is 0.276 e. The van der Waals surface area contributed by atoms with E-state index in [-0.39, 0.29) is 11.5 Å². The summed E-state index contributed by atoms with van der Waals surface area (Å²) in [5.41, 5.74) is 0.795. The molecule has 2 aromatic heterocycles. The fourth-order valence-electron chi connectivity index (χ4n) is 3.72. The summed E-state index contributed by atoms with van der Waals surface area (Å²) in [5.74, 6) is 1.32.